The van der Waals surface area contributed by atoms with E-state index in [1.807, 2.05) is 12.1 Å². The first-order valence-corrected chi connectivity index (χ1v) is 8.79. The first-order chi connectivity index (χ1) is 9.20. The molecule has 1 heterocycles. The lowest BCUT2D eigenvalue weighted by Crippen LogP contribution is -2.33. The molecule has 19 heavy (non-hydrogen) atoms. The third kappa shape index (κ3) is 4.25. The normalized spacial score (nSPS) is 18.9. The Morgan fingerprint density at radius 1 is 1.53 bits per heavy atom. The van der Waals surface area contributed by atoms with Crippen molar-refractivity contribution in [2.75, 3.05) is 11.9 Å². The summed E-state index contributed by atoms with van der Waals surface area (Å²) in [5, 5.41) is 4.16. The molecule has 1 N–H and O–H groups in total. The zero-order chi connectivity index (χ0) is 13.7. The van der Waals surface area contributed by atoms with Crippen LogP contribution in [0, 0.1) is 5.92 Å². The molecule has 0 bridgehead atoms. The van der Waals surface area contributed by atoms with Crippen LogP contribution in [-0.4, -0.2) is 23.0 Å². The van der Waals surface area contributed by atoms with Crippen LogP contribution in [0.5, 0.6) is 0 Å². The molecule has 2 nitrogen and oxygen atoms in total. The Morgan fingerprint density at radius 3 is 3.05 bits per heavy atom. The highest BCUT2D eigenvalue weighted by Gasteiger charge is 2.27. The molecule has 1 amide bonds. The molecule has 0 fully saturated rings. The van der Waals surface area contributed by atoms with Crippen LogP contribution in [0.15, 0.2) is 29.2 Å². The van der Waals surface area contributed by atoms with E-state index >= 15 is 0 Å². The van der Waals surface area contributed by atoms with Gasteiger partial charge >= 0.3 is 0 Å². The minimum atomic E-state index is 0.0611. The summed E-state index contributed by atoms with van der Waals surface area (Å²) in [6.07, 6.45) is 3.08. The van der Waals surface area contributed by atoms with Crippen molar-refractivity contribution in [1.29, 1.82) is 0 Å². The molecule has 0 saturated carbocycles. The van der Waals surface area contributed by atoms with E-state index in [0.717, 1.165) is 31.1 Å². The molecule has 2 rings (SSSR count). The number of halogens is 1. The van der Waals surface area contributed by atoms with Gasteiger partial charge in [0.2, 0.25) is 5.91 Å². The summed E-state index contributed by atoms with van der Waals surface area (Å²) >= 11 is 5.17. The maximum Gasteiger partial charge on any atom is 0.233 e. The fourth-order valence-corrected chi connectivity index (χ4v) is 3.72. The van der Waals surface area contributed by atoms with Gasteiger partial charge in [0.1, 0.15) is 0 Å². The van der Waals surface area contributed by atoms with E-state index in [1.165, 1.54) is 10.5 Å². The van der Waals surface area contributed by atoms with Crippen molar-refractivity contribution in [3.63, 3.8) is 0 Å². The molecule has 2 unspecified atom stereocenters. The van der Waals surface area contributed by atoms with Crippen LogP contribution in [0.2, 0.25) is 0 Å². The van der Waals surface area contributed by atoms with E-state index in [-0.39, 0.29) is 11.2 Å². The minimum absolute atomic E-state index is 0.0611. The van der Waals surface area contributed by atoms with Gasteiger partial charge in [-0.1, -0.05) is 41.1 Å². The highest BCUT2D eigenvalue weighted by atomic mass is 79.9. The molecule has 2 atom stereocenters. The maximum atomic E-state index is 12.1. The van der Waals surface area contributed by atoms with Crippen molar-refractivity contribution < 1.29 is 4.79 Å². The molecule has 1 aromatic carbocycles. The first-order valence-electron chi connectivity index (χ1n) is 6.79. The predicted molar refractivity (Wildman–Crippen MR) is 85.0 cm³/mol. The lowest BCUT2D eigenvalue weighted by atomic mass is 10.1. The summed E-state index contributed by atoms with van der Waals surface area (Å²) in [7, 11) is 0. The summed E-state index contributed by atoms with van der Waals surface area (Å²) < 4.78 is 0. The van der Waals surface area contributed by atoms with Crippen LogP contribution >= 0.6 is 27.7 Å². The van der Waals surface area contributed by atoms with Crippen molar-refractivity contribution in [3.05, 3.63) is 29.8 Å². The van der Waals surface area contributed by atoms with Crippen LogP contribution in [0.1, 0.15) is 25.3 Å². The van der Waals surface area contributed by atoms with Gasteiger partial charge in [-0.15, -0.1) is 11.8 Å². The SMILES string of the molecule is CC(CBr)CCCNC(=O)C1Cc2ccccc2S1. The summed E-state index contributed by atoms with van der Waals surface area (Å²) in [5.41, 5.74) is 1.31. The third-order valence-electron chi connectivity index (χ3n) is 3.38. The third-order valence-corrected chi connectivity index (χ3v) is 5.80. The molecule has 0 aromatic heterocycles. The molecule has 104 valence electrons. The number of alkyl halides is 1. The summed E-state index contributed by atoms with van der Waals surface area (Å²) in [4.78, 5) is 13.3. The van der Waals surface area contributed by atoms with Crippen LogP contribution in [0.25, 0.3) is 0 Å². The van der Waals surface area contributed by atoms with Gasteiger partial charge in [0, 0.05) is 16.8 Å². The Morgan fingerprint density at radius 2 is 2.32 bits per heavy atom. The smallest absolute Gasteiger partial charge is 0.233 e. The Bertz CT molecular complexity index is 413. The van der Waals surface area contributed by atoms with Crippen molar-refractivity contribution in [2.24, 2.45) is 5.92 Å². The van der Waals surface area contributed by atoms with E-state index in [0.29, 0.717) is 5.92 Å². The lowest BCUT2D eigenvalue weighted by molar-refractivity contribution is -0.120. The fourth-order valence-electron chi connectivity index (χ4n) is 2.18. The molecule has 1 aromatic rings. The van der Waals surface area contributed by atoms with Crippen molar-refractivity contribution in [3.8, 4) is 0 Å². The van der Waals surface area contributed by atoms with E-state index in [4.69, 9.17) is 0 Å². The number of carbonyl (C=O) groups excluding carboxylic acids is 1. The number of nitrogens with one attached hydrogen (secondary N) is 1. The van der Waals surface area contributed by atoms with Gasteiger partial charge in [-0.05, 0) is 36.8 Å². The lowest BCUT2D eigenvalue weighted by Gasteiger charge is -2.11. The van der Waals surface area contributed by atoms with E-state index in [1.54, 1.807) is 11.8 Å². The molecule has 0 radical (unpaired) electrons. The Balaban J connectivity index is 1.71. The van der Waals surface area contributed by atoms with E-state index < -0.39 is 0 Å². The average molecular weight is 342 g/mol. The molecular formula is C15H20BrNOS. The number of fused-ring (bicyclic) bond motifs is 1. The zero-order valence-corrected chi connectivity index (χ0v) is 13.6. The molecule has 0 aliphatic carbocycles. The van der Waals surface area contributed by atoms with Gasteiger partial charge in [0.05, 0.1) is 5.25 Å². The highest BCUT2D eigenvalue weighted by molar-refractivity contribution is 9.09. The number of benzene rings is 1. The Hall–Kier alpha value is -0.480. The van der Waals surface area contributed by atoms with E-state index in [9.17, 15) is 4.79 Å². The number of rotatable bonds is 6. The largest absolute Gasteiger partial charge is 0.355 e. The number of amides is 1. The minimum Gasteiger partial charge on any atom is -0.355 e. The molecule has 0 spiro atoms. The number of carbonyl (C=O) groups is 1. The molecule has 1 aliphatic heterocycles. The molecular weight excluding hydrogens is 322 g/mol. The van der Waals surface area contributed by atoms with Gasteiger partial charge in [-0.3, -0.25) is 4.79 Å². The van der Waals surface area contributed by atoms with Crippen molar-refractivity contribution in [1.82, 2.24) is 5.32 Å². The monoisotopic (exact) mass is 341 g/mol. The Kier molecular flexibility index (Phi) is 5.76. The van der Waals surface area contributed by atoms with E-state index in [2.05, 4.69) is 40.3 Å². The maximum absolute atomic E-state index is 12.1. The van der Waals surface area contributed by atoms with Gasteiger partial charge in [0.15, 0.2) is 0 Å². The second kappa shape index (κ2) is 7.34. The van der Waals surface area contributed by atoms with Crippen LogP contribution in [0.4, 0.5) is 0 Å². The van der Waals surface area contributed by atoms with Gasteiger partial charge < -0.3 is 5.32 Å². The summed E-state index contributed by atoms with van der Waals surface area (Å²) in [6.45, 7) is 3.02. The van der Waals surface area contributed by atoms with Crippen LogP contribution in [0.3, 0.4) is 0 Å². The van der Waals surface area contributed by atoms with Crippen molar-refractivity contribution in [2.45, 2.75) is 36.3 Å². The zero-order valence-electron chi connectivity index (χ0n) is 11.2. The summed E-state index contributed by atoms with van der Waals surface area (Å²) in [6, 6.07) is 8.30. The Labute approximate surface area is 127 Å². The molecule has 1 aliphatic rings. The van der Waals surface area contributed by atoms with Gasteiger partial charge in [0.25, 0.3) is 0 Å². The predicted octanol–water partition coefficient (Wildman–Crippen LogP) is 3.63. The molecule has 4 heteroatoms. The second-order valence-corrected chi connectivity index (χ2v) is 7.00. The number of hydrogen-bond acceptors (Lipinski definition) is 2. The number of hydrogen-bond donors (Lipinski definition) is 1. The van der Waals surface area contributed by atoms with Crippen LogP contribution in [-0.2, 0) is 11.2 Å². The quantitative estimate of drug-likeness (QED) is 0.632. The van der Waals surface area contributed by atoms with Gasteiger partial charge in [-0.2, -0.15) is 0 Å². The summed E-state index contributed by atoms with van der Waals surface area (Å²) in [5.74, 6) is 0.870. The fraction of sp³-hybridized carbons (Fsp3) is 0.533. The van der Waals surface area contributed by atoms with Crippen LogP contribution < -0.4 is 5.32 Å². The topological polar surface area (TPSA) is 29.1 Å². The second-order valence-electron chi connectivity index (χ2n) is 5.11. The molecule has 0 saturated heterocycles. The van der Waals surface area contributed by atoms with Gasteiger partial charge in [-0.25, -0.2) is 0 Å². The van der Waals surface area contributed by atoms with Crippen molar-refractivity contribution >= 4 is 33.6 Å². The first kappa shape index (κ1) is 14.9. The standard InChI is InChI=1S/C15H20BrNOS/c1-11(10-16)5-4-8-17-15(18)14-9-12-6-2-3-7-13(12)19-14/h2-3,6-7,11,14H,4-5,8-10H2,1H3,(H,17,18). The average Bonchev–Trinajstić information content (AvgIpc) is 2.87. The number of thioether (sulfide) groups is 1. The highest BCUT2D eigenvalue weighted by Crippen LogP contribution is 2.36.